The predicted octanol–water partition coefficient (Wildman–Crippen LogP) is 2.57. The maximum atomic E-state index is 13.7. The molecule has 1 N–H and O–H groups in total. The first-order valence-corrected chi connectivity index (χ1v) is 5.45. The van der Waals surface area contributed by atoms with Crippen molar-refractivity contribution < 1.29 is 14.3 Å². The highest BCUT2D eigenvalue weighted by Crippen LogP contribution is 2.18. The van der Waals surface area contributed by atoms with E-state index in [2.05, 4.69) is 4.98 Å². The summed E-state index contributed by atoms with van der Waals surface area (Å²) in [5.41, 5.74) is 0.0592. The Bertz CT molecular complexity index is 511. The fourth-order valence-corrected chi connectivity index (χ4v) is 2.02. The molecule has 0 fully saturated rings. The molecule has 16 heavy (non-hydrogen) atoms. The molecule has 2 rings (SSSR count). The fraction of sp³-hybridized carbons (Fsp3) is 0.0909. The predicted molar refractivity (Wildman–Crippen MR) is 58.3 cm³/mol. The van der Waals surface area contributed by atoms with Gasteiger partial charge >= 0.3 is 5.97 Å². The van der Waals surface area contributed by atoms with E-state index in [0.29, 0.717) is 12.0 Å². The molecule has 5 heteroatoms. The standard InChI is InChI=1S/C11H8FNO2S/c12-10-7(6-9-13-4-5-16-9)2-1-3-8(10)11(14)15/h1-5H,6H2,(H,14,15). The summed E-state index contributed by atoms with van der Waals surface area (Å²) in [7, 11) is 0. The molecule has 0 amide bonds. The third-order valence-corrected chi connectivity index (χ3v) is 2.91. The molecule has 0 unspecified atom stereocenters. The Labute approximate surface area is 95.2 Å². The number of benzene rings is 1. The zero-order valence-corrected chi connectivity index (χ0v) is 9.00. The molecule has 0 saturated heterocycles. The highest BCUT2D eigenvalue weighted by Gasteiger charge is 2.14. The van der Waals surface area contributed by atoms with Crippen LogP contribution < -0.4 is 0 Å². The minimum atomic E-state index is -1.25. The Kier molecular flexibility index (Phi) is 2.96. The molecule has 0 atom stereocenters. The van der Waals surface area contributed by atoms with Crippen molar-refractivity contribution in [3.05, 3.63) is 51.7 Å². The second-order valence-electron chi connectivity index (χ2n) is 3.19. The van der Waals surface area contributed by atoms with Gasteiger partial charge in [0.1, 0.15) is 5.82 Å². The van der Waals surface area contributed by atoms with Gasteiger partial charge in [-0.25, -0.2) is 14.2 Å². The average Bonchev–Trinajstić information content (AvgIpc) is 2.73. The van der Waals surface area contributed by atoms with Crippen LogP contribution in [0.1, 0.15) is 20.9 Å². The molecular formula is C11H8FNO2S. The quantitative estimate of drug-likeness (QED) is 0.892. The van der Waals surface area contributed by atoms with Gasteiger partial charge in [0.05, 0.1) is 10.6 Å². The van der Waals surface area contributed by atoms with Crippen LogP contribution in [-0.2, 0) is 6.42 Å². The summed E-state index contributed by atoms with van der Waals surface area (Å²) in [6.45, 7) is 0. The van der Waals surface area contributed by atoms with Crippen molar-refractivity contribution in [3.63, 3.8) is 0 Å². The Morgan fingerprint density at radius 2 is 2.31 bits per heavy atom. The minimum absolute atomic E-state index is 0.297. The number of carbonyl (C=O) groups is 1. The summed E-state index contributed by atoms with van der Waals surface area (Å²) in [5.74, 6) is -1.93. The van der Waals surface area contributed by atoms with Crippen molar-refractivity contribution in [2.24, 2.45) is 0 Å². The first kappa shape index (κ1) is 10.8. The van der Waals surface area contributed by atoms with Crippen LogP contribution in [-0.4, -0.2) is 16.1 Å². The molecule has 0 radical (unpaired) electrons. The van der Waals surface area contributed by atoms with Crippen LogP contribution in [0.15, 0.2) is 29.8 Å². The molecule has 82 valence electrons. The zero-order chi connectivity index (χ0) is 11.5. The van der Waals surface area contributed by atoms with Crippen LogP contribution in [0.25, 0.3) is 0 Å². The van der Waals surface area contributed by atoms with E-state index < -0.39 is 11.8 Å². The molecule has 1 aromatic carbocycles. The lowest BCUT2D eigenvalue weighted by atomic mass is 10.1. The molecule has 0 aliphatic rings. The third-order valence-electron chi connectivity index (χ3n) is 2.13. The van der Waals surface area contributed by atoms with E-state index in [1.165, 1.54) is 23.5 Å². The summed E-state index contributed by atoms with van der Waals surface area (Å²) in [5, 5.41) is 11.3. The zero-order valence-electron chi connectivity index (χ0n) is 8.18. The normalized spacial score (nSPS) is 10.3. The van der Waals surface area contributed by atoms with Crippen molar-refractivity contribution in [1.29, 1.82) is 0 Å². The van der Waals surface area contributed by atoms with Gasteiger partial charge in [0.25, 0.3) is 0 Å². The largest absolute Gasteiger partial charge is 0.478 e. The van der Waals surface area contributed by atoms with Gasteiger partial charge in [0.2, 0.25) is 0 Å². The van der Waals surface area contributed by atoms with Gasteiger partial charge in [-0.3, -0.25) is 0 Å². The van der Waals surface area contributed by atoms with Gasteiger partial charge in [-0.15, -0.1) is 11.3 Å². The summed E-state index contributed by atoms with van der Waals surface area (Å²) in [4.78, 5) is 14.8. The number of aromatic nitrogens is 1. The smallest absolute Gasteiger partial charge is 0.338 e. The van der Waals surface area contributed by atoms with E-state index in [-0.39, 0.29) is 5.56 Å². The maximum absolute atomic E-state index is 13.7. The number of thiazole rings is 1. The highest BCUT2D eigenvalue weighted by molar-refractivity contribution is 7.09. The van der Waals surface area contributed by atoms with Crippen molar-refractivity contribution in [1.82, 2.24) is 4.98 Å². The Morgan fingerprint density at radius 3 is 2.94 bits per heavy atom. The van der Waals surface area contributed by atoms with Crippen molar-refractivity contribution in [2.45, 2.75) is 6.42 Å². The van der Waals surface area contributed by atoms with Crippen molar-refractivity contribution in [2.75, 3.05) is 0 Å². The number of hydrogen-bond donors (Lipinski definition) is 1. The molecule has 0 bridgehead atoms. The first-order chi connectivity index (χ1) is 7.68. The van der Waals surface area contributed by atoms with Crippen LogP contribution in [0, 0.1) is 5.82 Å². The molecule has 1 aromatic heterocycles. The molecule has 3 nitrogen and oxygen atoms in total. The summed E-state index contributed by atoms with van der Waals surface area (Å²) >= 11 is 1.42. The van der Waals surface area contributed by atoms with Crippen LogP contribution in [0.3, 0.4) is 0 Å². The van der Waals surface area contributed by atoms with Crippen molar-refractivity contribution in [3.8, 4) is 0 Å². The number of aromatic carboxylic acids is 1. The van der Waals surface area contributed by atoms with E-state index in [1.807, 2.05) is 0 Å². The summed E-state index contributed by atoms with van der Waals surface area (Å²) < 4.78 is 13.7. The van der Waals surface area contributed by atoms with E-state index >= 15 is 0 Å². The Hall–Kier alpha value is -1.75. The van der Waals surface area contributed by atoms with Crippen LogP contribution in [0.4, 0.5) is 4.39 Å². The topological polar surface area (TPSA) is 50.2 Å². The van der Waals surface area contributed by atoms with Gasteiger partial charge in [0.15, 0.2) is 0 Å². The van der Waals surface area contributed by atoms with E-state index in [1.54, 1.807) is 17.6 Å². The maximum Gasteiger partial charge on any atom is 0.338 e. The molecule has 0 aliphatic heterocycles. The SMILES string of the molecule is O=C(O)c1cccc(Cc2nccs2)c1F. The molecule has 1 heterocycles. The van der Waals surface area contributed by atoms with Crippen molar-refractivity contribution >= 4 is 17.3 Å². The van der Waals surface area contributed by atoms with Gasteiger partial charge in [-0.05, 0) is 11.6 Å². The average molecular weight is 237 g/mol. The van der Waals surface area contributed by atoms with Gasteiger partial charge < -0.3 is 5.11 Å². The molecule has 0 aliphatic carbocycles. The fourth-order valence-electron chi connectivity index (χ4n) is 1.38. The Morgan fingerprint density at radius 1 is 1.50 bits per heavy atom. The number of rotatable bonds is 3. The lowest BCUT2D eigenvalue weighted by Gasteiger charge is -2.03. The Balaban J connectivity index is 2.35. The number of hydrogen-bond acceptors (Lipinski definition) is 3. The first-order valence-electron chi connectivity index (χ1n) is 4.57. The molecule has 2 aromatic rings. The summed E-state index contributed by atoms with van der Waals surface area (Å²) in [6, 6.07) is 4.36. The van der Waals surface area contributed by atoms with E-state index in [4.69, 9.17) is 5.11 Å². The second kappa shape index (κ2) is 4.40. The second-order valence-corrected chi connectivity index (χ2v) is 4.17. The number of halogens is 1. The van der Waals surface area contributed by atoms with Crippen LogP contribution in [0.2, 0.25) is 0 Å². The number of nitrogens with zero attached hydrogens (tertiary/aromatic N) is 1. The molecule has 0 spiro atoms. The highest BCUT2D eigenvalue weighted by atomic mass is 32.1. The van der Waals surface area contributed by atoms with Gasteiger partial charge in [-0.1, -0.05) is 12.1 Å². The summed E-state index contributed by atoms with van der Waals surface area (Å²) in [6.07, 6.45) is 1.96. The van der Waals surface area contributed by atoms with Gasteiger partial charge in [0, 0.05) is 18.0 Å². The lowest BCUT2D eigenvalue weighted by molar-refractivity contribution is 0.0691. The minimum Gasteiger partial charge on any atom is -0.478 e. The van der Waals surface area contributed by atoms with Crippen LogP contribution in [0.5, 0.6) is 0 Å². The third kappa shape index (κ3) is 2.09. The number of carboxylic acid groups (broad SMARTS) is 1. The van der Waals surface area contributed by atoms with Crippen LogP contribution >= 0.6 is 11.3 Å². The molecule has 0 saturated carbocycles. The van der Waals surface area contributed by atoms with E-state index in [0.717, 1.165) is 5.01 Å². The van der Waals surface area contributed by atoms with Gasteiger partial charge in [-0.2, -0.15) is 0 Å². The lowest BCUT2D eigenvalue weighted by Crippen LogP contribution is -2.03. The number of carboxylic acids is 1. The van der Waals surface area contributed by atoms with E-state index in [9.17, 15) is 9.18 Å². The monoisotopic (exact) mass is 237 g/mol. The molecular weight excluding hydrogens is 229 g/mol.